The molecule has 1 N–H and O–H groups in total. The molecule has 0 aliphatic carbocycles. The monoisotopic (exact) mass is 440 g/mol. The van der Waals surface area contributed by atoms with Gasteiger partial charge < -0.3 is 19.5 Å². The lowest BCUT2D eigenvalue weighted by Gasteiger charge is -2.24. The molecule has 0 saturated carbocycles. The fourth-order valence-electron chi connectivity index (χ4n) is 2.80. The molecule has 0 fully saturated rings. The molecule has 1 heterocycles. The number of fused-ring (bicyclic) bond motifs is 1. The molecule has 0 spiro atoms. The van der Waals surface area contributed by atoms with Crippen LogP contribution in [0.3, 0.4) is 0 Å². The molecule has 1 unspecified atom stereocenters. The molecular formula is C24H28N2O4S. The minimum atomic E-state index is -0.724. The van der Waals surface area contributed by atoms with E-state index in [1.165, 1.54) is 11.8 Å². The van der Waals surface area contributed by atoms with E-state index in [-0.39, 0.29) is 5.91 Å². The van der Waals surface area contributed by atoms with E-state index in [9.17, 15) is 4.79 Å². The SMILES string of the molecule is COCC#Cc1cnc2c(C)cc(OC(SC)C(=O)NC(C)(C)C#CCOC)cc2c1. The highest BCUT2D eigenvalue weighted by Crippen LogP contribution is 2.26. The van der Waals surface area contributed by atoms with Crippen molar-refractivity contribution in [2.24, 2.45) is 0 Å². The summed E-state index contributed by atoms with van der Waals surface area (Å²) < 4.78 is 15.9. The summed E-state index contributed by atoms with van der Waals surface area (Å²) >= 11 is 1.31. The van der Waals surface area contributed by atoms with Crippen molar-refractivity contribution in [1.82, 2.24) is 10.3 Å². The third kappa shape index (κ3) is 7.48. The van der Waals surface area contributed by atoms with E-state index in [4.69, 9.17) is 14.2 Å². The number of carbonyl (C=O) groups excluding carboxylic acids is 1. The molecule has 164 valence electrons. The minimum Gasteiger partial charge on any atom is -0.470 e. The van der Waals surface area contributed by atoms with Crippen LogP contribution in [0.25, 0.3) is 10.9 Å². The van der Waals surface area contributed by atoms with Crippen molar-refractivity contribution in [3.63, 3.8) is 0 Å². The molecule has 0 radical (unpaired) electrons. The van der Waals surface area contributed by atoms with E-state index in [1.807, 2.05) is 45.2 Å². The number of ether oxygens (including phenoxy) is 3. The molecule has 1 aromatic carbocycles. The molecular weight excluding hydrogens is 412 g/mol. The largest absolute Gasteiger partial charge is 0.470 e. The maximum Gasteiger partial charge on any atom is 0.272 e. The summed E-state index contributed by atoms with van der Waals surface area (Å²) in [6.07, 6.45) is 3.57. The molecule has 1 atom stereocenters. The molecule has 6 nitrogen and oxygen atoms in total. The van der Waals surface area contributed by atoms with Gasteiger partial charge >= 0.3 is 0 Å². The van der Waals surface area contributed by atoms with Crippen LogP contribution in [0.15, 0.2) is 24.4 Å². The van der Waals surface area contributed by atoms with Crippen molar-refractivity contribution in [3.8, 4) is 29.4 Å². The summed E-state index contributed by atoms with van der Waals surface area (Å²) in [4.78, 5) is 17.3. The van der Waals surface area contributed by atoms with Crippen molar-refractivity contribution in [2.75, 3.05) is 33.7 Å². The second-order valence-corrected chi connectivity index (χ2v) is 8.20. The minimum absolute atomic E-state index is 0.251. The van der Waals surface area contributed by atoms with Gasteiger partial charge in [-0.2, -0.15) is 0 Å². The van der Waals surface area contributed by atoms with Crippen LogP contribution in [-0.2, 0) is 14.3 Å². The molecule has 0 aliphatic rings. The standard InChI is InChI=1S/C24H28N2O4S/c1-17-13-20(15-19-14-18(9-7-11-28-4)16-25-21(17)19)30-23(31-6)22(27)26-24(2,3)10-8-12-29-5/h13-16,23H,11-12H2,1-6H3,(H,26,27). The summed E-state index contributed by atoms with van der Waals surface area (Å²) in [7, 11) is 3.18. The van der Waals surface area contributed by atoms with Gasteiger partial charge in [-0.1, -0.05) is 23.7 Å². The van der Waals surface area contributed by atoms with Gasteiger partial charge in [0, 0.05) is 31.4 Å². The number of aryl methyl sites for hydroxylation is 1. The summed E-state index contributed by atoms with van der Waals surface area (Å²) in [6.45, 7) is 6.30. The van der Waals surface area contributed by atoms with Crippen LogP contribution in [0, 0.1) is 30.6 Å². The van der Waals surface area contributed by atoms with Gasteiger partial charge in [-0.3, -0.25) is 9.78 Å². The fourth-order valence-corrected chi connectivity index (χ4v) is 3.28. The Morgan fingerprint density at radius 2 is 1.90 bits per heavy atom. The summed E-state index contributed by atoms with van der Waals surface area (Å²) in [5, 5.41) is 3.81. The Balaban J connectivity index is 2.22. The smallest absolute Gasteiger partial charge is 0.272 e. The van der Waals surface area contributed by atoms with E-state index >= 15 is 0 Å². The first-order chi connectivity index (χ1) is 14.8. The number of carbonyl (C=O) groups is 1. The van der Waals surface area contributed by atoms with Gasteiger partial charge in [0.05, 0.1) is 11.1 Å². The van der Waals surface area contributed by atoms with Gasteiger partial charge in [-0.05, 0) is 50.8 Å². The number of nitrogens with one attached hydrogen (secondary N) is 1. The molecule has 2 aromatic rings. The number of nitrogens with zero attached hydrogens (tertiary/aromatic N) is 1. The van der Waals surface area contributed by atoms with Gasteiger partial charge in [0.15, 0.2) is 0 Å². The highest BCUT2D eigenvalue weighted by atomic mass is 32.2. The molecule has 1 amide bonds. The van der Waals surface area contributed by atoms with E-state index in [1.54, 1.807) is 20.4 Å². The predicted octanol–water partition coefficient (Wildman–Crippen LogP) is 3.15. The summed E-state index contributed by atoms with van der Waals surface area (Å²) in [5.41, 5.74) is 1.18. The maximum absolute atomic E-state index is 12.8. The third-order valence-corrected chi connectivity index (χ3v) is 4.86. The van der Waals surface area contributed by atoms with Crippen LogP contribution >= 0.6 is 11.8 Å². The Kier molecular flexibility index (Phi) is 9.21. The molecule has 0 bridgehead atoms. The number of amides is 1. The number of thioether (sulfide) groups is 1. The second-order valence-electron chi connectivity index (χ2n) is 7.31. The zero-order valence-electron chi connectivity index (χ0n) is 18.8. The van der Waals surface area contributed by atoms with Crippen molar-refractivity contribution in [2.45, 2.75) is 31.7 Å². The molecule has 0 saturated heterocycles. The van der Waals surface area contributed by atoms with Crippen LogP contribution < -0.4 is 10.1 Å². The van der Waals surface area contributed by atoms with Crippen LogP contribution in [0.1, 0.15) is 25.0 Å². The van der Waals surface area contributed by atoms with Crippen molar-refractivity contribution < 1.29 is 19.0 Å². The number of aromatic nitrogens is 1. The first kappa shape index (κ1) is 24.6. The number of rotatable bonds is 7. The lowest BCUT2D eigenvalue weighted by Crippen LogP contribution is -2.47. The van der Waals surface area contributed by atoms with Gasteiger partial charge in [0.1, 0.15) is 19.0 Å². The molecule has 31 heavy (non-hydrogen) atoms. The maximum atomic E-state index is 12.8. The van der Waals surface area contributed by atoms with E-state index in [2.05, 4.69) is 34.0 Å². The number of methoxy groups -OCH3 is 2. The van der Waals surface area contributed by atoms with E-state index in [0.29, 0.717) is 19.0 Å². The third-order valence-electron chi connectivity index (χ3n) is 4.12. The Morgan fingerprint density at radius 3 is 2.58 bits per heavy atom. The normalized spacial score (nSPS) is 11.7. The van der Waals surface area contributed by atoms with E-state index in [0.717, 1.165) is 22.0 Å². The highest BCUT2D eigenvalue weighted by molar-refractivity contribution is 7.99. The van der Waals surface area contributed by atoms with Crippen LogP contribution in [0.5, 0.6) is 5.75 Å². The molecule has 7 heteroatoms. The lowest BCUT2D eigenvalue weighted by atomic mass is 10.1. The molecule has 1 aromatic heterocycles. The fraction of sp³-hybridized carbons (Fsp3) is 0.417. The van der Waals surface area contributed by atoms with Crippen molar-refractivity contribution >= 4 is 28.6 Å². The zero-order valence-corrected chi connectivity index (χ0v) is 19.6. The van der Waals surface area contributed by atoms with Crippen LogP contribution in [0.2, 0.25) is 0 Å². The lowest BCUT2D eigenvalue weighted by molar-refractivity contribution is -0.125. The Labute approximate surface area is 188 Å². The Hall–Kier alpha value is -2.71. The van der Waals surface area contributed by atoms with Crippen LogP contribution in [-0.4, -0.2) is 55.6 Å². The first-order valence-electron chi connectivity index (χ1n) is 9.68. The van der Waals surface area contributed by atoms with Gasteiger partial charge in [0.25, 0.3) is 5.91 Å². The number of pyridine rings is 1. The van der Waals surface area contributed by atoms with E-state index < -0.39 is 11.0 Å². The average Bonchev–Trinajstić information content (AvgIpc) is 2.71. The quantitative estimate of drug-likeness (QED) is 0.527. The first-order valence-corrected chi connectivity index (χ1v) is 11.0. The number of hydrogen-bond acceptors (Lipinski definition) is 6. The highest BCUT2D eigenvalue weighted by Gasteiger charge is 2.25. The predicted molar refractivity (Wildman–Crippen MR) is 125 cm³/mol. The molecule has 0 aliphatic heterocycles. The number of benzene rings is 1. The average molecular weight is 441 g/mol. The Bertz CT molecular complexity index is 1040. The van der Waals surface area contributed by atoms with Crippen molar-refractivity contribution in [3.05, 3.63) is 35.5 Å². The second kappa shape index (κ2) is 11.6. The summed E-state index contributed by atoms with van der Waals surface area (Å²) in [6, 6.07) is 5.70. The van der Waals surface area contributed by atoms with Gasteiger partial charge in [-0.25, -0.2) is 0 Å². The number of hydrogen-bond donors (Lipinski definition) is 1. The molecule has 2 rings (SSSR count). The van der Waals surface area contributed by atoms with Crippen LogP contribution in [0.4, 0.5) is 0 Å². The zero-order chi connectivity index (χ0) is 22.9. The van der Waals surface area contributed by atoms with Gasteiger partial charge in [0.2, 0.25) is 5.44 Å². The topological polar surface area (TPSA) is 69.7 Å². The van der Waals surface area contributed by atoms with Crippen molar-refractivity contribution in [1.29, 1.82) is 0 Å². The van der Waals surface area contributed by atoms with Gasteiger partial charge in [-0.15, -0.1) is 11.8 Å². The summed E-state index contributed by atoms with van der Waals surface area (Å²) in [5.74, 6) is 12.2. The Morgan fingerprint density at radius 1 is 1.19 bits per heavy atom.